The zero-order valence-corrected chi connectivity index (χ0v) is 21.2. The van der Waals surface area contributed by atoms with Gasteiger partial charge in [0.15, 0.2) is 5.78 Å². The molecule has 0 bridgehead atoms. The predicted molar refractivity (Wildman–Crippen MR) is 136 cm³/mol. The van der Waals surface area contributed by atoms with Crippen molar-refractivity contribution in [2.24, 2.45) is 0 Å². The van der Waals surface area contributed by atoms with Gasteiger partial charge in [-0.25, -0.2) is 13.2 Å². The van der Waals surface area contributed by atoms with Crippen molar-refractivity contribution in [1.82, 2.24) is 9.80 Å². The van der Waals surface area contributed by atoms with Crippen LogP contribution in [0.15, 0.2) is 64.4 Å². The van der Waals surface area contributed by atoms with Crippen molar-refractivity contribution in [3.05, 3.63) is 93.8 Å². The molecule has 8 heteroatoms. The highest BCUT2D eigenvalue weighted by Crippen LogP contribution is 2.44. The van der Waals surface area contributed by atoms with Crippen LogP contribution in [0.25, 0.3) is 0 Å². The van der Waals surface area contributed by atoms with E-state index in [2.05, 4.69) is 9.80 Å². The first-order valence-electron chi connectivity index (χ1n) is 12.1. The molecule has 2 aliphatic rings. The largest absolute Gasteiger partial charge is 0.301 e. The normalized spacial score (nSPS) is 18.4. The molecule has 1 atom stereocenters. The van der Waals surface area contributed by atoms with Crippen molar-refractivity contribution >= 4 is 29.1 Å². The van der Waals surface area contributed by atoms with Crippen molar-refractivity contribution in [2.75, 3.05) is 32.7 Å². The molecule has 5 rings (SSSR count). The van der Waals surface area contributed by atoms with Gasteiger partial charge in [0, 0.05) is 54.0 Å². The molecule has 0 N–H and O–H groups in total. The monoisotopic (exact) mass is 530 g/mol. The molecular formula is C28H26ClF3N2OS. The number of carbonyl (C=O) groups is 1. The minimum atomic E-state index is -0.471. The van der Waals surface area contributed by atoms with Gasteiger partial charge >= 0.3 is 0 Å². The minimum Gasteiger partial charge on any atom is -0.301 e. The van der Waals surface area contributed by atoms with E-state index in [1.54, 1.807) is 6.07 Å². The van der Waals surface area contributed by atoms with Gasteiger partial charge in [0.2, 0.25) is 0 Å². The van der Waals surface area contributed by atoms with Gasteiger partial charge in [-0.3, -0.25) is 9.69 Å². The molecule has 0 saturated carbocycles. The number of rotatable bonds is 6. The van der Waals surface area contributed by atoms with E-state index in [9.17, 15) is 18.0 Å². The van der Waals surface area contributed by atoms with Crippen molar-refractivity contribution < 1.29 is 18.0 Å². The smallest absolute Gasteiger partial charge is 0.162 e. The number of piperazine rings is 1. The molecule has 0 aliphatic carbocycles. The fourth-order valence-corrected chi connectivity index (χ4v) is 6.33. The molecule has 2 aliphatic heterocycles. The number of hydrogen-bond donors (Lipinski definition) is 0. The van der Waals surface area contributed by atoms with Crippen LogP contribution in [-0.4, -0.2) is 48.3 Å². The molecule has 0 amide bonds. The van der Waals surface area contributed by atoms with E-state index in [4.69, 9.17) is 11.6 Å². The van der Waals surface area contributed by atoms with E-state index in [1.165, 1.54) is 54.2 Å². The molecule has 3 nitrogen and oxygen atoms in total. The summed E-state index contributed by atoms with van der Waals surface area (Å²) in [6.45, 7) is 4.18. The van der Waals surface area contributed by atoms with Crippen LogP contribution in [0.3, 0.4) is 0 Å². The van der Waals surface area contributed by atoms with Gasteiger partial charge in [0.05, 0.1) is 5.02 Å². The highest BCUT2D eigenvalue weighted by molar-refractivity contribution is 7.99. The third kappa shape index (κ3) is 5.65. The Kier molecular flexibility index (Phi) is 7.72. The fraction of sp³-hybridized carbons (Fsp3) is 0.321. The molecule has 0 aromatic heterocycles. The number of ketones is 1. The molecule has 0 unspecified atom stereocenters. The number of carbonyl (C=O) groups excluding carboxylic acids is 1. The Hall–Kier alpha value is -2.32. The summed E-state index contributed by atoms with van der Waals surface area (Å²) in [5.74, 6) is -1.09. The number of halogens is 4. The number of benzene rings is 3. The second kappa shape index (κ2) is 11.0. The molecule has 36 heavy (non-hydrogen) atoms. The van der Waals surface area contributed by atoms with Gasteiger partial charge in [-0.1, -0.05) is 29.4 Å². The second-order valence-electron chi connectivity index (χ2n) is 9.29. The number of hydrogen-bond acceptors (Lipinski definition) is 4. The lowest BCUT2D eigenvalue weighted by atomic mass is 9.96. The lowest BCUT2D eigenvalue weighted by Crippen LogP contribution is -2.48. The van der Waals surface area contributed by atoms with Gasteiger partial charge in [-0.15, -0.1) is 0 Å². The topological polar surface area (TPSA) is 23.6 Å². The van der Waals surface area contributed by atoms with E-state index < -0.39 is 5.82 Å². The lowest BCUT2D eigenvalue weighted by Gasteiger charge is -2.39. The summed E-state index contributed by atoms with van der Waals surface area (Å²) in [5, 5.41) is 0.0981. The Bertz CT molecular complexity index is 1260. The summed E-state index contributed by atoms with van der Waals surface area (Å²) < 4.78 is 41.4. The van der Waals surface area contributed by atoms with Crippen LogP contribution in [0.2, 0.25) is 5.02 Å². The van der Waals surface area contributed by atoms with E-state index in [-0.39, 0.29) is 28.5 Å². The summed E-state index contributed by atoms with van der Waals surface area (Å²) in [7, 11) is 0. The average Bonchev–Trinajstić information content (AvgIpc) is 3.01. The molecule has 3 aromatic rings. The zero-order valence-electron chi connectivity index (χ0n) is 19.7. The molecule has 1 fully saturated rings. The van der Waals surface area contributed by atoms with Crippen LogP contribution in [0.1, 0.15) is 40.4 Å². The predicted octanol–water partition coefficient (Wildman–Crippen LogP) is 6.79. The fourth-order valence-electron chi connectivity index (χ4n) is 4.99. The van der Waals surface area contributed by atoms with Gasteiger partial charge in [-0.2, -0.15) is 0 Å². The van der Waals surface area contributed by atoms with Crippen LogP contribution >= 0.6 is 23.4 Å². The standard InChI is InChI=1S/C28H26ClF3N2OS/c29-23-16-22-25(14-19-5-8-21(31)15-27(19)36-28(22)17-24(23)32)34-12-10-33(11-13-34)9-1-2-26(35)18-3-6-20(30)7-4-18/h3-8,15-17,25H,1-2,9-14H2/t25-/m0/s1. The maximum absolute atomic E-state index is 14.3. The SMILES string of the molecule is O=C(CCCN1CCN([C@H]2Cc3ccc(F)cc3Sc3cc(F)c(Cl)cc32)CC1)c1ccc(F)cc1. The molecule has 0 radical (unpaired) electrons. The molecule has 188 valence electrons. The molecule has 2 heterocycles. The van der Waals surface area contributed by atoms with Crippen LogP contribution in [0.5, 0.6) is 0 Å². The Morgan fingerprint density at radius 1 is 0.917 bits per heavy atom. The van der Waals surface area contributed by atoms with Gasteiger partial charge in [0.1, 0.15) is 17.5 Å². The number of Topliss-reactive ketones (excluding diaryl/α,β-unsaturated/α-hetero) is 1. The molecular weight excluding hydrogens is 505 g/mol. The van der Waals surface area contributed by atoms with Gasteiger partial charge < -0.3 is 4.90 Å². The minimum absolute atomic E-state index is 0.0134. The van der Waals surface area contributed by atoms with E-state index in [1.807, 2.05) is 6.07 Å². The molecule has 3 aromatic carbocycles. The van der Waals surface area contributed by atoms with Crippen molar-refractivity contribution in [3.63, 3.8) is 0 Å². The quantitative estimate of drug-likeness (QED) is 0.327. The maximum Gasteiger partial charge on any atom is 0.162 e. The number of nitrogens with zero attached hydrogens (tertiary/aromatic N) is 2. The van der Waals surface area contributed by atoms with Crippen LogP contribution in [0.4, 0.5) is 13.2 Å². The Labute approximate surface area is 218 Å². The molecule has 0 spiro atoms. The van der Waals surface area contributed by atoms with Gasteiger partial charge in [0.25, 0.3) is 0 Å². The Morgan fingerprint density at radius 2 is 1.64 bits per heavy atom. The summed E-state index contributed by atoms with van der Waals surface area (Å²) in [6, 6.07) is 13.7. The summed E-state index contributed by atoms with van der Waals surface area (Å²) in [5.41, 5.74) is 2.56. The highest BCUT2D eigenvalue weighted by Gasteiger charge is 2.31. The van der Waals surface area contributed by atoms with Crippen LogP contribution in [-0.2, 0) is 6.42 Å². The third-order valence-corrected chi connectivity index (χ3v) is 8.43. The van der Waals surface area contributed by atoms with Crippen LogP contribution < -0.4 is 0 Å². The first kappa shape index (κ1) is 25.3. The Morgan fingerprint density at radius 3 is 2.39 bits per heavy atom. The summed E-state index contributed by atoms with van der Waals surface area (Å²) in [4.78, 5) is 18.7. The number of fused-ring (bicyclic) bond motifs is 2. The van der Waals surface area contributed by atoms with Crippen molar-refractivity contribution in [1.29, 1.82) is 0 Å². The zero-order chi connectivity index (χ0) is 25.2. The van der Waals surface area contributed by atoms with Crippen LogP contribution in [0, 0.1) is 17.5 Å². The third-order valence-electron chi connectivity index (χ3n) is 6.97. The van der Waals surface area contributed by atoms with E-state index in [0.717, 1.165) is 60.1 Å². The maximum atomic E-state index is 14.3. The highest BCUT2D eigenvalue weighted by atomic mass is 35.5. The van der Waals surface area contributed by atoms with E-state index in [0.29, 0.717) is 18.4 Å². The molecule has 1 saturated heterocycles. The Balaban J connectivity index is 1.23. The second-order valence-corrected chi connectivity index (χ2v) is 10.8. The average molecular weight is 531 g/mol. The lowest BCUT2D eigenvalue weighted by molar-refractivity contribution is 0.0888. The summed E-state index contributed by atoms with van der Waals surface area (Å²) >= 11 is 7.57. The van der Waals surface area contributed by atoms with Crippen molar-refractivity contribution in [2.45, 2.75) is 35.1 Å². The first-order chi connectivity index (χ1) is 17.4. The first-order valence-corrected chi connectivity index (χ1v) is 13.3. The summed E-state index contributed by atoms with van der Waals surface area (Å²) in [6.07, 6.45) is 1.87. The van der Waals surface area contributed by atoms with Crippen molar-refractivity contribution in [3.8, 4) is 0 Å². The van der Waals surface area contributed by atoms with Gasteiger partial charge in [-0.05, 0) is 79.0 Å². The van der Waals surface area contributed by atoms with E-state index >= 15 is 0 Å².